The van der Waals surface area contributed by atoms with Crippen LogP contribution in [-0.2, 0) is 14.3 Å². The SMILES string of the molecule is CNC(=O)CN1CCCC(C2OCCO2)C1. The third-order valence-electron chi connectivity index (χ3n) is 3.22. The monoisotopic (exact) mass is 228 g/mol. The number of nitrogens with one attached hydrogen (secondary N) is 1. The molecule has 2 aliphatic heterocycles. The Morgan fingerprint density at radius 1 is 1.44 bits per heavy atom. The molecule has 2 aliphatic rings. The molecule has 1 unspecified atom stereocenters. The Kier molecular flexibility index (Phi) is 4.15. The van der Waals surface area contributed by atoms with Crippen molar-refractivity contribution in [3.05, 3.63) is 0 Å². The lowest BCUT2D eigenvalue weighted by Crippen LogP contribution is -2.44. The van der Waals surface area contributed by atoms with Gasteiger partial charge in [-0.05, 0) is 19.4 Å². The molecule has 5 nitrogen and oxygen atoms in total. The molecule has 0 aromatic carbocycles. The van der Waals surface area contributed by atoms with Crippen molar-refractivity contribution < 1.29 is 14.3 Å². The van der Waals surface area contributed by atoms with Crippen molar-refractivity contribution in [2.24, 2.45) is 5.92 Å². The minimum Gasteiger partial charge on any atom is -0.358 e. The number of ether oxygens (including phenoxy) is 2. The molecule has 0 aromatic rings. The summed E-state index contributed by atoms with van der Waals surface area (Å²) in [5.74, 6) is 0.495. The van der Waals surface area contributed by atoms with Gasteiger partial charge in [-0.15, -0.1) is 0 Å². The summed E-state index contributed by atoms with van der Waals surface area (Å²) in [6, 6.07) is 0. The first-order valence-corrected chi connectivity index (χ1v) is 5.95. The fourth-order valence-electron chi connectivity index (χ4n) is 2.39. The zero-order valence-electron chi connectivity index (χ0n) is 9.78. The van der Waals surface area contributed by atoms with Crippen molar-refractivity contribution in [1.29, 1.82) is 0 Å². The van der Waals surface area contributed by atoms with Gasteiger partial charge in [-0.1, -0.05) is 0 Å². The Balaban J connectivity index is 1.81. The van der Waals surface area contributed by atoms with E-state index in [1.165, 1.54) is 0 Å². The zero-order valence-corrected chi connectivity index (χ0v) is 9.78. The molecule has 2 saturated heterocycles. The maximum Gasteiger partial charge on any atom is 0.233 e. The van der Waals surface area contributed by atoms with Gasteiger partial charge in [0.1, 0.15) is 0 Å². The number of piperidine rings is 1. The Hall–Kier alpha value is -0.650. The highest BCUT2D eigenvalue weighted by molar-refractivity contribution is 5.77. The lowest BCUT2D eigenvalue weighted by Gasteiger charge is -2.34. The van der Waals surface area contributed by atoms with Gasteiger partial charge >= 0.3 is 0 Å². The molecule has 16 heavy (non-hydrogen) atoms. The second-order valence-electron chi connectivity index (χ2n) is 4.42. The number of hydrogen-bond acceptors (Lipinski definition) is 4. The molecule has 2 fully saturated rings. The largest absolute Gasteiger partial charge is 0.358 e. The van der Waals surface area contributed by atoms with E-state index >= 15 is 0 Å². The maximum absolute atomic E-state index is 11.3. The van der Waals surface area contributed by atoms with E-state index in [1.54, 1.807) is 7.05 Å². The smallest absolute Gasteiger partial charge is 0.233 e. The van der Waals surface area contributed by atoms with Crippen LogP contribution in [0.1, 0.15) is 12.8 Å². The fraction of sp³-hybridized carbons (Fsp3) is 0.909. The van der Waals surface area contributed by atoms with Gasteiger partial charge < -0.3 is 14.8 Å². The number of rotatable bonds is 3. The molecule has 1 atom stereocenters. The van der Waals surface area contributed by atoms with Crippen LogP contribution < -0.4 is 5.32 Å². The topological polar surface area (TPSA) is 50.8 Å². The summed E-state index contributed by atoms with van der Waals surface area (Å²) in [5, 5.41) is 2.65. The molecule has 0 saturated carbocycles. The van der Waals surface area contributed by atoms with Gasteiger partial charge in [0.05, 0.1) is 19.8 Å². The van der Waals surface area contributed by atoms with E-state index in [0.29, 0.717) is 25.7 Å². The summed E-state index contributed by atoms with van der Waals surface area (Å²) in [5.41, 5.74) is 0. The molecule has 0 radical (unpaired) electrons. The third kappa shape index (κ3) is 2.93. The second kappa shape index (κ2) is 5.61. The van der Waals surface area contributed by atoms with Gasteiger partial charge in [0, 0.05) is 19.5 Å². The van der Waals surface area contributed by atoms with E-state index in [1.807, 2.05) is 0 Å². The Bertz CT molecular complexity index is 241. The molecule has 5 heteroatoms. The highest BCUT2D eigenvalue weighted by atomic mass is 16.7. The van der Waals surface area contributed by atoms with Gasteiger partial charge in [-0.3, -0.25) is 9.69 Å². The van der Waals surface area contributed by atoms with Gasteiger partial charge in [-0.2, -0.15) is 0 Å². The minimum atomic E-state index is -0.0486. The lowest BCUT2D eigenvalue weighted by molar-refractivity contribution is -0.125. The van der Waals surface area contributed by atoms with Crippen molar-refractivity contribution in [3.8, 4) is 0 Å². The van der Waals surface area contributed by atoms with Crippen molar-refractivity contribution in [1.82, 2.24) is 10.2 Å². The highest BCUT2D eigenvalue weighted by Gasteiger charge is 2.31. The maximum atomic E-state index is 11.3. The summed E-state index contributed by atoms with van der Waals surface area (Å²) < 4.78 is 11.0. The molecule has 1 N–H and O–H groups in total. The summed E-state index contributed by atoms with van der Waals surface area (Å²) in [6.45, 7) is 3.79. The van der Waals surface area contributed by atoms with Crippen LogP contribution in [0, 0.1) is 5.92 Å². The van der Waals surface area contributed by atoms with Crippen LogP contribution in [0.15, 0.2) is 0 Å². The van der Waals surface area contributed by atoms with Crippen LogP contribution in [0.25, 0.3) is 0 Å². The molecule has 2 rings (SSSR count). The molecule has 2 heterocycles. The predicted octanol–water partition coefficient (Wildman–Crippen LogP) is -0.183. The Labute approximate surface area is 96.1 Å². The van der Waals surface area contributed by atoms with Crippen LogP contribution in [0.3, 0.4) is 0 Å². The van der Waals surface area contributed by atoms with Crippen molar-refractivity contribution >= 4 is 5.91 Å². The molecular formula is C11H20N2O3. The fourth-order valence-corrected chi connectivity index (χ4v) is 2.39. The van der Waals surface area contributed by atoms with Gasteiger partial charge in [0.25, 0.3) is 0 Å². The number of likely N-dealkylation sites (N-methyl/N-ethyl adjacent to an activating group) is 1. The molecule has 0 aromatic heterocycles. The summed E-state index contributed by atoms with van der Waals surface area (Å²) in [6.07, 6.45) is 2.20. The van der Waals surface area contributed by atoms with E-state index in [9.17, 15) is 4.79 Å². The highest BCUT2D eigenvalue weighted by Crippen LogP contribution is 2.24. The van der Waals surface area contributed by atoms with Crippen molar-refractivity contribution in [2.75, 3.05) is 39.9 Å². The van der Waals surface area contributed by atoms with E-state index in [-0.39, 0.29) is 12.2 Å². The molecule has 0 spiro atoms. The zero-order chi connectivity index (χ0) is 11.4. The normalized spacial score (nSPS) is 28.2. The van der Waals surface area contributed by atoms with E-state index in [0.717, 1.165) is 25.9 Å². The van der Waals surface area contributed by atoms with Gasteiger partial charge in [0.2, 0.25) is 5.91 Å². The first kappa shape index (κ1) is 11.8. The van der Waals surface area contributed by atoms with Gasteiger partial charge in [-0.25, -0.2) is 0 Å². The first-order chi connectivity index (χ1) is 7.79. The third-order valence-corrected chi connectivity index (χ3v) is 3.22. The molecule has 0 aliphatic carbocycles. The van der Waals surface area contributed by atoms with Crippen molar-refractivity contribution in [2.45, 2.75) is 19.1 Å². The molecule has 0 bridgehead atoms. The molecule has 1 amide bonds. The number of carbonyl (C=O) groups excluding carboxylic acids is 1. The van der Waals surface area contributed by atoms with Crippen LogP contribution in [-0.4, -0.2) is 57.0 Å². The summed E-state index contributed by atoms with van der Waals surface area (Å²) in [4.78, 5) is 13.5. The summed E-state index contributed by atoms with van der Waals surface area (Å²) in [7, 11) is 1.67. The lowest BCUT2D eigenvalue weighted by atomic mass is 9.97. The van der Waals surface area contributed by atoms with Crippen LogP contribution in [0.4, 0.5) is 0 Å². The molecule has 92 valence electrons. The number of hydrogen-bond donors (Lipinski definition) is 1. The number of carbonyl (C=O) groups is 1. The van der Waals surface area contributed by atoms with E-state index in [4.69, 9.17) is 9.47 Å². The Morgan fingerprint density at radius 2 is 2.19 bits per heavy atom. The van der Waals surface area contributed by atoms with Gasteiger partial charge in [0.15, 0.2) is 6.29 Å². The summed E-state index contributed by atoms with van der Waals surface area (Å²) >= 11 is 0. The quantitative estimate of drug-likeness (QED) is 0.728. The van der Waals surface area contributed by atoms with Crippen LogP contribution >= 0.6 is 0 Å². The first-order valence-electron chi connectivity index (χ1n) is 5.95. The standard InChI is InChI=1S/C11H20N2O3/c1-12-10(14)8-13-4-2-3-9(7-13)11-15-5-6-16-11/h9,11H,2-8H2,1H3,(H,12,14). The van der Waals surface area contributed by atoms with E-state index in [2.05, 4.69) is 10.2 Å². The van der Waals surface area contributed by atoms with E-state index < -0.39 is 0 Å². The van der Waals surface area contributed by atoms with Crippen molar-refractivity contribution in [3.63, 3.8) is 0 Å². The predicted molar refractivity (Wildman–Crippen MR) is 58.9 cm³/mol. The number of nitrogens with zero attached hydrogens (tertiary/aromatic N) is 1. The number of amides is 1. The average molecular weight is 228 g/mol. The molecular weight excluding hydrogens is 208 g/mol. The number of likely N-dealkylation sites (tertiary alicyclic amines) is 1. The van der Waals surface area contributed by atoms with Crippen LogP contribution in [0.5, 0.6) is 0 Å². The Morgan fingerprint density at radius 3 is 2.88 bits per heavy atom. The second-order valence-corrected chi connectivity index (χ2v) is 4.42. The minimum absolute atomic E-state index is 0.0486. The average Bonchev–Trinajstić information content (AvgIpc) is 2.83. The van der Waals surface area contributed by atoms with Crippen LogP contribution in [0.2, 0.25) is 0 Å².